The fraction of sp³-hybridized carbons (Fsp3) is 0.500. The predicted octanol–water partition coefficient (Wildman–Crippen LogP) is 0.377. The number of carboxylic acid groups (broad SMARTS) is 1. The van der Waals surface area contributed by atoms with Crippen molar-refractivity contribution in [3.8, 4) is 11.5 Å². The van der Waals surface area contributed by atoms with Gasteiger partial charge < -0.3 is 14.9 Å². The summed E-state index contributed by atoms with van der Waals surface area (Å²) in [6, 6.07) is 1.78. The van der Waals surface area contributed by atoms with E-state index in [1.54, 1.807) is 30.9 Å². The number of carboxylic acids is 1. The van der Waals surface area contributed by atoms with Crippen molar-refractivity contribution in [3.63, 3.8) is 0 Å². The molecule has 2 aliphatic rings. The van der Waals surface area contributed by atoms with E-state index in [9.17, 15) is 9.59 Å². The Morgan fingerprint density at radius 3 is 2.50 bits per heavy atom. The van der Waals surface area contributed by atoms with Crippen LogP contribution < -0.4 is 4.90 Å². The van der Waals surface area contributed by atoms with Crippen molar-refractivity contribution in [1.82, 2.24) is 29.7 Å². The minimum Gasteiger partial charge on any atom is -0.481 e. The molecule has 10 nitrogen and oxygen atoms in total. The highest BCUT2D eigenvalue weighted by molar-refractivity contribution is 5.79. The molecule has 2 unspecified atom stereocenters. The Labute approximate surface area is 174 Å². The molecule has 0 spiro atoms. The predicted molar refractivity (Wildman–Crippen MR) is 109 cm³/mol. The highest BCUT2D eigenvalue weighted by atomic mass is 16.4. The molecule has 1 N–H and O–H groups in total. The average Bonchev–Trinajstić information content (AvgIpc) is 3.23. The lowest BCUT2D eigenvalue weighted by Gasteiger charge is -2.40. The first-order valence-corrected chi connectivity index (χ1v) is 10.1. The van der Waals surface area contributed by atoms with E-state index < -0.39 is 5.97 Å². The third-order valence-corrected chi connectivity index (χ3v) is 5.69. The minimum atomic E-state index is -0.780. The molecule has 0 aromatic carbocycles. The topological polar surface area (TPSA) is 116 Å². The number of anilines is 1. The Morgan fingerprint density at radius 1 is 1.07 bits per heavy atom. The van der Waals surface area contributed by atoms with Gasteiger partial charge in [0.25, 0.3) is 0 Å². The van der Waals surface area contributed by atoms with Crippen molar-refractivity contribution >= 4 is 17.7 Å². The van der Waals surface area contributed by atoms with Crippen LogP contribution in [0.15, 0.2) is 30.9 Å². The number of nitrogens with zero attached hydrogens (tertiary/aromatic N) is 7. The van der Waals surface area contributed by atoms with Crippen molar-refractivity contribution in [2.45, 2.75) is 19.4 Å². The maximum Gasteiger partial charge on any atom is 0.307 e. The number of piperazine rings is 1. The Balaban J connectivity index is 1.33. The summed E-state index contributed by atoms with van der Waals surface area (Å²) < 4.78 is 0. The van der Waals surface area contributed by atoms with Crippen LogP contribution in [0.3, 0.4) is 0 Å². The molecule has 2 aromatic heterocycles. The van der Waals surface area contributed by atoms with Gasteiger partial charge in [0.2, 0.25) is 5.91 Å². The normalized spacial score (nSPS) is 22.3. The van der Waals surface area contributed by atoms with Crippen molar-refractivity contribution in [1.29, 1.82) is 0 Å². The SMILES string of the molecule is CC1CN(c2cnc(-c3ncccn3)cn2)CCN1C(=O)CN1CCC(C(=O)O)C1. The quantitative estimate of drug-likeness (QED) is 0.745. The molecular formula is C20H25N7O3. The fourth-order valence-electron chi connectivity index (χ4n) is 4.03. The molecule has 2 atom stereocenters. The van der Waals surface area contributed by atoms with E-state index in [1.165, 1.54) is 0 Å². The monoisotopic (exact) mass is 411 g/mol. The second-order valence-electron chi connectivity index (χ2n) is 7.77. The zero-order chi connectivity index (χ0) is 21.1. The van der Waals surface area contributed by atoms with Crippen molar-refractivity contribution < 1.29 is 14.7 Å². The summed E-state index contributed by atoms with van der Waals surface area (Å²) in [5.41, 5.74) is 0.617. The van der Waals surface area contributed by atoms with Crippen LogP contribution in [0.2, 0.25) is 0 Å². The molecule has 2 fully saturated rings. The highest BCUT2D eigenvalue weighted by Gasteiger charge is 2.33. The van der Waals surface area contributed by atoms with Crippen LogP contribution in [-0.4, -0.2) is 92.0 Å². The van der Waals surface area contributed by atoms with E-state index in [0.717, 1.165) is 5.82 Å². The van der Waals surface area contributed by atoms with Crippen LogP contribution in [0.25, 0.3) is 11.5 Å². The van der Waals surface area contributed by atoms with Crippen LogP contribution in [0.5, 0.6) is 0 Å². The summed E-state index contributed by atoms with van der Waals surface area (Å²) in [6.07, 6.45) is 7.32. The number of hydrogen-bond acceptors (Lipinski definition) is 8. The van der Waals surface area contributed by atoms with E-state index >= 15 is 0 Å². The second kappa shape index (κ2) is 8.70. The Morgan fingerprint density at radius 2 is 1.87 bits per heavy atom. The number of aromatic nitrogens is 4. The van der Waals surface area contributed by atoms with E-state index in [4.69, 9.17) is 5.11 Å². The molecule has 2 saturated heterocycles. The maximum atomic E-state index is 12.8. The zero-order valence-corrected chi connectivity index (χ0v) is 16.9. The number of likely N-dealkylation sites (tertiary alicyclic amines) is 1. The Kier molecular flexibility index (Phi) is 5.84. The molecule has 0 aliphatic carbocycles. The molecule has 2 aromatic rings. The molecule has 30 heavy (non-hydrogen) atoms. The number of carbonyl (C=O) groups is 2. The molecule has 4 heterocycles. The third kappa shape index (κ3) is 4.38. The van der Waals surface area contributed by atoms with E-state index in [1.807, 2.05) is 16.7 Å². The number of aliphatic carboxylic acids is 1. The van der Waals surface area contributed by atoms with E-state index in [0.29, 0.717) is 50.7 Å². The molecule has 0 bridgehead atoms. The van der Waals surface area contributed by atoms with Crippen molar-refractivity contribution in [2.24, 2.45) is 5.92 Å². The van der Waals surface area contributed by atoms with Crippen molar-refractivity contribution in [3.05, 3.63) is 30.9 Å². The Hall–Kier alpha value is -3.14. The number of hydrogen-bond donors (Lipinski definition) is 1. The van der Waals surface area contributed by atoms with Gasteiger partial charge in [-0.3, -0.25) is 14.5 Å². The second-order valence-corrected chi connectivity index (χ2v) is 7.77. The smallest absolute Gasteiger partial charge is 0.307 e. The summed E-state index contributed by atoms with van der Waals surface area (Å²) in [6.45, 7) is 5.34. The minimum absolute atomic E-state index is 0.0306. The first kappa shape index (κ1) is 20.1. The van der Waals surface area contributed by atoms with E-state index in [2.05, 4.69) is 24.8 Å². The maximum absolute atomic E-state index is 12.8. The summed E-state index contributed by atoms with van der Waals surface area (Å²) in [7, 11) is 0. The average molecular weight is 411 g/mol. The lowest BCUT2D eigenvalue weighted by Crippen LogP contribution is -2.56. The standard InChI is InChI=1S/C20H25N7O3/c1-14-11-26(17-10-23-16(9-24-17)19-21-4-2-5-22-19)7-8-27(14)18(28)13-25-6-3-15(12-25)20(29)30/h2,4-5,9-10,14-15H,3,6-8,11-13H2,1H3,(H,29,30). The van der Waals surface area contributed by atoms with Gasteiger partial charge in [0, 0.05) is 44.6 Å². The first-order chi connectivity index (χ1) is 14.5. The zero-order valence-electron chi connectivity index (χ0n) is 16.9. The van der Waals surface area contributed by atoms with Gasteiger partial charge in [0.05, 0.1) is 24.9 Å². The number of rotatable bonds is 5. The fourth-order valence-corrected chi connectivity index (χ4v) is 4.03. The first-order valence-electron chi connectivity index (χ1n) is 10.1. The van der Waals surface area contributed by atoms with Gasteiger partial charge in [-0.25, -0.2) is 19.9 Å². The van der Waals surface area contributed by atoms with Crippen LogP contribution in [0.4, 0.5) is 5.82 Å². The summed E-state index contributed by atoms with van der Waals surface area (Å²) in [5.74, 6) is 0.202. The molecule has 1 amide bonds. The lowest BCUT2D eigenvalue weighted by molar-refractivity contribution is -0.142. The van der Waals surface area contributed by atoms with Gasteiger partial charge in [-0.2, -0.15) is 0 Å². The molecule has 10 heteroatoms. The van der Waals surface area contributed by atoms with Crippen LogP contribution in [0, 0.1) is 5.92 Å². The largest absolute Gasteiger partial charge is 0.481 e. The molecule has 4 rings (SSSR count). The molecule has 0 saturated carbocycles. The molecule has 0 radical (unpaired) electrons. The number of amides is 1. The number of carbonyl (C=O) groups excluding carboxylic acids is 1. The summed E-state index contributed by atoms with van der Waals surface area (Å²) >= 11 is 0. The van der Waals surface area contributed by atoms with Crippen LogP contribution in [0.1, 0.15) is 13.3 Å². The van der Waals surface area contributed by atoms with Crippen molar-refractivity contribution in [2.75, 3.05) is 44.2 Å². The third-order valence-electron chi connectivity index (χ3n) is 5.69. The van der Waals surface area contributed by atoms with E-state index in [-0.39, 0.29) is 24.4 Å². The lowest BCUT2D eigenvalue weighted by atomic mass is 10.1. The van der Waals surface area contributed by atoms with Gasteiger partial charge in [-0.05, 0) is 26.0 Å². The molecule has 158 valence electrons. The summed E-state index contributed by atoms with van der Waals surface area (Å²) in [4.78, 5) is 47.1. The van der Waals surface area contributed by atoms with Gasteiger partial charge in [-0.15, -0.1) is 0 Å². The van der Waals surface area contributed by atoms with Gasteiger partial charge >= 0.3 is 5.97 Å². The highest BCUT2D eigenvalue weighted by Crippen LogP contribution is 2.20. The van der Waals surface area contributed by atoms with Gasteiger partial charge in [-0.1, -0.05) is 0 Å². The van der Waals surface area contributed by atoms with Crippen LogP contribution >= 0.6 is 0 Å². The molecule has 2 aliphatic heterocycles. The van der Waals surface area contributed by atoms with Gasteiger partial charge in [0.15, 0.2) is 5.82 Å². The van der Waals surface area contributed by atoms with Crippen LogP contribution in [-0.2, 0) is 9.59 Å². The Bertz CT molecular complexity index is 893. The summed E-state index contributed by atoms with van der Waals surface area (Å²) in [5, 5.41) is 9.13. The van der Waals surface area contributed by atoms with Gasteiger partial charge in [0.1, 0.15) is 11.5 Å². The molecular weight excluding hydrogens is 386 g/mol.